The Morgan fingerprint density at radius 2 is 2.07 bits per heavy atom. The summed E-state index contributed by atoms with van der Waals surface area (Å²) >= 11 is 12.2. The van der Waals surface area contributed by atoms with E-state index < -0.39 is 5.97 Å². The number of rotatable bonds is 4. The SMILES string of the molecule is O=C1CC(c2cccc(O[C@H]3CNCCOC3c3ccc(Cl)c(Cl)c3)n2)=NO1. The molecule has 0 radical (unpaired) electrons. The summed E-state index contributed by atoms with van der Waals surface area (Å²) in [6, 6.07) is 10.7. The molecule has 2 aliphatic heterocycles. The van der Waals surface area contributed by atoms with E-state index >= 15 is 0 Å². The van der Waals surface area contributed by atoms with E-state index in [1.54, 1.807) is 30.3 Å². The Kier molecular flexibility index (Phi) is 5.77. The van der Waals surface area contributed by atoms with Crippen molar-refractivity contribution >= 4 is 34.9 Å². The first-order valence-corrected chi connectivity index (χ1v) is 9.54. The third-order valence-corrected chi connectivity index (χ3v) is 5.13. The van der Waals surface area contributed by atoms with E-state index in [0.29, 0.717) is 47.0 Å². The molecule has 4 rings (SSSR count). The summed E-state index contributed by atoms with van der Waals surface area (Å²) in [5.74, 6) is 0.00563. The summed E-state index contributed by atoms with van der Waals surface area (Å²) in [5, 5.41) is 7.99. The van der Waals surface area contributed by atoms with Crippen molar-refractivity contribution in [2.24, 2.45) is 5.16 Å². The Balaban J connectivity index is 1.57. The van der Waals surface area contributed by atoms with Gasteiger partial charge in [0.1, 0.15) is 17.9 Å². The Morgan fingerprint density at radius 3 is 2.86 bits per heavy atom. The van der Waals surface area contributed by atoms with Crippen LogP contribution >= 0.6 is 23.2 Å². The molecule has 0 spiro atoms. The van der Waals surface area contributed by atoms with Crippen LogP contribution in [-0.2, 0) is 14.4 Å². The number of pyridine rings is 1. The Morgan fingerprint density at radius 1 is 1.18 bits per heavy atom. The zero-order valence-electron chi connectivity index (χ0n) is 14.7. The summed E-state index contributed by atoms with van der Waals surface area (Å²) < 4.78 is 12.2. The van der Waals surface area contributed by atoms with Crippen LogP contribution in [0.5, 0.6) is 5.88 Å². The molecular weight excluding hydrogens is 405 g/mol. The molecule has 146 valence electrons. The lowest BCUT2D eigenvalue weighted by molar-refractivity contribution is -0.140. The quantitative estimate of drug-likeness (QED) is 0.763. The first-order valence-electron chi connectivity index (χ1n) is 8.78. The highest BCUT2D eigenvalue weighted by Crippen LogP contribution is 2.31. The topological polar surface area (TPSA) is 82.0 Å². The van der Waals surface area contributed by atoms with Gasteiger partial charge in [0.25, 0.3) is 0 Å². The van der Waals surface area contributed by atoms with Crippen molar-refractivity contribution in [3.63, 3.8) is 0 Å². The van der Waals surface area contributed by atoms with E-state index in [-0.39, 0.29) is 18.6 Å². The van der Waals surface area contributed by atoms with Crippen LogP contribution in [0.3, 0.4) is 0 Å². The van der Waals surface area contributed by atoms with E-state index in [9.17, 15) is 4.79 Å². The second kappa shape index (κ2) is 8.45. The first kappa shape index (κ1) is 19.1. The van der Waals surface area contributed by atoms with E-state index in [4.69, 9.17) is 32.7 Å². The van der Waals surface area contributed by atoms with Gasteiger partial charge >= 0.3 is 5.97 Å². The summed E-state index contributed by atoms with van der Waals surface area (Å²) in [4.78, 5) is 20.4. The minimum atomic E-state index is -0.399. The molecule has 0 saturated carbocycles. The van der Waals surface area contributed by atoms with Gasteiger partial charge < -0.3 is 19.6 Å². The number of benzene rings is 1. The fraction of sp³-hybridized carbons (Fsp3) is 0.316. The number of ether oxygens (including phenoxy) is 2. The fourth-order valence-electron chi connectivity index (χ4n) is 3.06. The predicted molar refractivity (Wildman–Crippen MR) is 104 cm³/mol. The number of halogens is 2. The number of oxime groups is 1. The molecule has 1 unspecified atom stereocenters. The molecule has 28 heavy (non-hydrogen) atoms. The Hall–Kier alpha value is -2.19. The third kappa shape index (κ3) is 4.28. The molecule has 0 amide bonds. The average Bonchev–Trinajstić information content (AvgIpc) is 3.00. The average molecular weight is 422 g/mol. The lowest BCUT2D eigenvalue weighted by Gasteiger charge is -2.26. The molecule has 1 aromatic heterocycles. The van der Waals surface area contributed by atoms with Crippen molar-refractivity contribution < 1.29 is 19.1 Å². The largest absolute Gasteiger partial charge is 0.470 e. The number of hydrogen-bond acceptors (Lipinski definition) is 7. The van der Waals surface area contributed by atoms with Gasteiger partial charge in [-0.3, -0.25) is 0 Å². The van der Waals surface area contributed by atoms with Crippen LogP contribution in [0.15, 0.2) is 41.6 Å². The third-order valence-electron chi connectivity index (χ3n) is 4.39. The molecule has 0 aliphatic carbocycles. The summed E-state index contributed by atoms with van der Waals surface area (Å²) in [6.07, 6.45) is -0.592. The number of carbonyl (C=O) groups is 1. The highest BCUT2D eigenvalue weighted by Gasteiger charge is 2.29. The number of nitrogens with one attached hydrogen (secondary N) is 1. The zero-order chi connectivity index (χ0) is 19.5. The molecule has 0 bridgehead atoms. The van der Waals surface area contributed by atoms with E-state index in [2.05, 4.69) is 20.3 Å². The highest BCUT2D eigenvalue weighted by molar-refractivity contribution is 6.42. The van der Waals surface area contributed by atoms with Gasteiger partial charge in [0, 0.05) is 19.2 Å². The van der Waals surface area contributed by atoms with Crippen molar-refractivity contribution in [2.45, 2.75) is 18.6 Å². The maximum Gasteiger partial charge on any atom is 0.341 e. The monoisotopic (exact) mass is 421 g/mol. The van der Waals surface area contributed by atoms with Gasteiger partial charge in [-0.05, 0) is 23.8 Å². The van der Waals surface area contributed by atoms with Crippen molar-refractivity contribution in [3.8, 4) is 5.88 Å². The number of carbonyl (C=O) groups excluding carboxylic acids is 1. The molecule has 1 saturated heterocycles. The maximum atomic E-state index is 11.3. The molecular formula is C19H17Cl2N3O4. The van der Waals surface area contributed by atoms with Gasteiger partial charge in [-0.1, -0.05) is 40.5 Å². The van der Waals surface area contributed by atoms with Crippen LogP contribution in [0.1, 0.15) is 23.8 Å². The standard InChI is InChI=1S/C19H17Cl2N3O4/c20-12-5-4-11(8-13(12)21)19-16(10-22-6-7-26-19)27-17-3-1-2-14(23-17)15-9-18(25)28-24-15/h1-5,8,16,19,22H,6-7,9-10H2/t16-,19?/m0/s1. The lowest BCUT2D eigenvalue weighted by Crippen LogP contribution is -2.34. The highest BCUT2D eigenvalue weighted by atomic mass is 35.5. The van der Waals surface area contributed by atoms with Crippen LogP contribution in [0.25, 0.3) is 0 Å². The van der Waals surface area contributed by atoms with Gasteiger partial charge in [0.15, 0.2) is 0 Å². The molecule has 2 aromatic rings. The molecule has 3 heterocycles. The lowest BCUT2D eigenvalue weighted by atomic mass is 10.0. The minimum Gasteiger partial charge on any atom is -0.470 e. The predicted octanol–water partition coefficient (Wildman–Crippen LogP) is 3.15. The van der Waals surface area contributed by atoms with Crippen molar-refractivity contribution in [3.05, 3.63) is 57.7 Å². The van der Waals surface area contributed by atoms with E-state index in [1.165, 1.54) is 0 Å². The van der Waals surface area contributed by atoms with Gasteiger partial charge in [-0.25, -0.2) is 9.78 Å². The van der Waals surface area contributed by atoms with E-state index in [0.717, 1.165) is 5.56 Å². The number of nitrogens with zero attached hydrogens (tertiary/aromatic N) is 2. The minimum absolute atomic E-state index is 0.0937. The van der Waals surface area contributed by atoms with Gasteiger partial charge in [0.2, 0.25) is 5.88 Å². The Bertz CT molecular complexity index is 922. The van der Waals surface area contributed by atoms with Gasteiger partial charge in [-0.2, -0.15) is 0 Å². The van der Waals surface area contributed by atoms with Gasteiger partial charge in [-0.15, -0.1) is 0 Å². The van der Waals surface area contributed by atoms with Crippen LogP contribution in [0.4, 0.5) is 0 Å². The number of aromatic nitrogens is 1. The Labute approximate surface area is 171 Å². The summed E-state index contributed by atoms with van der Waals surface area (Å²) in [7, 11) is 0. The van der Waals surface area contributed by atoms with Gasteiger partial charge in [0.05, 0.1) is 28.8 Å². The van der Waals surface area contributed by atoms with Crippen molar-refractivity contribution in [1.29, 1.82) is 0 Å². The van der Waals surface area contributed by atoms with Crippen LogP contribution in [-0.4, -0.2) is 42.5 Å². The molecule has 7 nitrogen and oxygen atoms in total. The van der Waals surface area contributed by atoms with Crippen molar-refractivity contribution in [1.82, 2.24) is 10.3 Å². The molecule has 2 aliphatic rings. The first-order chi connectivity index (χ1) is 13.6. The fourth-order valence-corrected chi connectivity index (χ4v) is 3.37. The second-order valence-corrected chi connectivity index (χ2v) is 7.18. The molecule has 2 atom stereocenters. The van der Waals surface area contributed by atoms with E-state index in [1.807, 2.05) is 6.07 Å². The van der Waals surface area contributed by atoms with Crippen LogP contribution in [0, 0.1) is 0 Å². The second-order valence-electron chi connectivity index (χ2n) is 6.36. The van der Waals surface area contributed by atoms with Crippen LogP contribution in [0.2, 0.25) is 10.0 Å². The normalized spacial score (nSPS) is 22.4. The molecule has 9 heteroatoms. The maximum absolute atomic E-state index is 11.3. The molecule has 1 aromatic carbocycles. The molecule has 1 fully saturated rings. The van der Waals surface area contributed by atoms with Crippen molar-refractivity contribution in [2.75, 3.05) is 19.7 Å². The zero-order valence-corrected chi connectivity index (χ0v) is 16.2. The smallest absolute Gasteiger partial charge is 0.341 e. The molecule has 1 N–H and O–H groups in total. The summed E-state index contributed by atoms with van der Waals surface area (Å²) in [5.41, 5.74) is 1.89. The number of hydrogen-bond donors (Lipinski definition) is 1. The summed E-state index contributed by atoms with van der Waals surface area (Å²) in [6.45, 7) is 1.81. The van der Waals surface area contributed by atoms with Crippen LogP contribution < -0.4 is 10.1 Å².